The Kier molecular flexibility index (Phi) is 9.14. The molecule has 4 rings (SSSR count). The molecule has 0 aromatic heterocycles. The number of rotatable bonds is 9. The minimum atomic E-state index is -0.380. The fourth-order valence-electron chi connectivity index (χ4n) is 3.77. The standard InChI is InChI=1S/C25H24Cl2N2O5S2/c1-2-32-21-8-15(9-22-24(31)29(25(35)36-22)13-19-4-3-7-33-19)5-6-20(21)34-14-23(30)28-18-11-16(26)10-17(27)12-18/h5-6,8-12,19H,2-4,7,13-14H2,1H3,(H,28,30)/b22-9-/t19-/m0/s1. The van der Waals surface area contributed by atoms with Gasteiger partial charge >= 0.3 is 0 Å². The second-order valence-corrected chi connectivity index (χ2v) is 10.6. The summed E-state index contributed by atoms with van der Waals surface area (Å²) < 4.78 is 17.6. The lowest BCUT2D eigenvalue weighted by atomic mass is 10.1. The fourth-order valence-corrected chi connectivity index (χ4v) is 5.57. The SMILES string of the molecule is CCOc1cc(/C=C2\SC(=S)N(C[C@@H]3CCCO3)C2=O)ccc1OCC(=O)Nc1cc(Cl)cc(Cl)c1. The molecule has 2 heterocycles. The highest BCUT2D eigenvalue weighted by molar-refractivity contribution is 8.26. The first-order chi connectivity index (χ1) is 17.3. The molecule has 0 spiro atoms. The Hall–Kier alpha value is -2.30. The molecule has 1 atom stereocenters. The average Bonchev–Trinajstić information content (AvgIpc) is 3.42. The van der Waals surface area contributed by atoms with Crippen molar-refractivity contribution >= 4 is 75.1 Å². The summed E-state index contributed by atoms with van der Waals surface area (Å²) in [7, 11) is 0. The molecule has 2 aliphatic rings. The number of thiocarbonyl (C=S) groups is 1. The van der Waals surface area contributed by atoms with Crippen LogP contribution < -0.4 is 14.8 Å². The van der Waals surface area contributed by atoms with Gasteiger partial charge in [-0.25, -0.2) is 0 Å². The second kappa shape index (κ2) is 12.3. The minimum Gasteiger partial charge on any atom is -0.490 e. The quantitative estimate of drug-likeness (QED) is 0.304. The largest absolute Gasteiger partial charge is 0.490 e. The van der Waals surface area contributed by atoms with Crippen LogP contribution in [0.3, 0.4) is 0 Å². The van der Waals surface area contributed by atoms with Crippen molar-refractivity contribution in [2.75, 3.05) is 31.7 Å². The third kappa shape index (κ3) is 6.92. The van der Waals surface area contributed by atoms with Crippen molar-refractivity contribution < 1.29 is 23.8 Å². The van der Waals surface area contributed by atoms with Gasteiger partial charge in [-0.1, -0.05) is 53.2 Å². The molecule has 2 aromatic carbocycles. The van der Waals surface area contributed by atoms with Crippen molar-refractivity contribution in [3.05, 3.63) is 56.9 Å². The number of carbonyl (C=O) groups excluding carboxylic acids is 2. The van der Waals surface area contributed by atoms with Gasteiger partial charge in [0.25, 0.3) is 11.8 Å². The smallest absolute Gasteiger partial charge is 0.266 e. The number of nitrogens with zero attached hydrogens (tertiary/aromatic N) is 1. The number of halogens is 2. The molecule has 0 radical (unpaired) electrons. The topological polar surface area (TPSA) is 77.1 Å². The van der Waals surface area contributed by atoms with Gasteiger partial charge in [-0.15, -0.1) is 0 Å². The molecule has 0 saturated carbocycles. The van der Waals surface area contributed by atoms with E-state index in [4.69, 9.17) is 49.6 Å². The van der Waals surface area contributed by atoms with Crippen molar-refractivity contribution in [3.63, 3.8) is 0 Å². The van der Waals surface area contributed by atoms with Gasteiger partial charge in [0.15, 0.2) is 18.1 Å². The molecule has 36 heavy (non-hydrogen) atoms. The van der Waals surface area contributed by atoms with Crippen LogP contribution in [0.4, 0.5) is 5.69 Å². The molecular formula is C25H24Cl2N2O5S2. The number of anilines is 1. The van der Waals surface area contributed by atoms with Crippen LogP contribution in [-0.2, 0) is 14.3 Å². The van der Waals surface area contributed by atoms with Gasteiger partial charge in [-0.05, 0) is 61.7 Å². The third-order valence-corrected chi connectivity index (χ3v) is 7.17. The summed E-state index contributed by atoms with van der Waals surface area (Å²) in [5, 5.41) is 3.52. The Labute approximate surface area is 229 Å². The maximum atomic E-state index is 12.9. The van der Waals surface area contributed by atoms with Crippen LogP contribution in [0.5, 0.6) is 11.5 Å². The van der Waals surface area contributed by atoms with Crippen LogP contribution >= 0.6 is 47.2 Å². The van der Waals surface area contributed by atoms with E-state index in [1.807, 2.05) is 6.92 Å². The molecule has 7 nitrogen and oxygen atoms in total. The van der Waals surface area contributed by atoms with Crippen molar-refractivity contribution in [2.24, 2.45) is 0 Å². The van der Waals surface area contributed by atoms with Gasteiger partial charge in [0, 0.05) is 22.3 Å². The molecule has 2 aliphatic heterocycles. The molecule has 11 heteroatoms. The number of amides is 2. The predicted molar refractivity (Wildman–Crippen MR) is 147 cm³/mol. The average molecular weight is 568 g/mol. The van der Waals surface area contributed by atoms with E-state index in [0.29, 0.717) is 49.6 Å². The van der Waals surface area contributed by atoms with Gasteiger partial charge in [0.1, 0.15) is 4.32 Å². The Morgan fingerprint density at radius 1 is 1.22 bits per heavy atom. The lowest BCUT2D eigenvalue weighted by molar-refractivity contribution is -0.123. The first-order valence-electron chi connectivity index (χ1n) is 11.3. The van der Waals surface area contributed by atoms with Crippen molar-refractivity contribution in [1.82, 2.24) is 4.90 Å². The van der Waals surface area contributed by atoms with E-state index in [-0.39, 0.29) is 24.5 Å². The fraction of sp³-hybridized carbons (Fsp3) is 0.320. The maximum absolute atomic E-state index is 12.9. The lowest BCUT2D eigenvalue weighted by Crippen LogP contribution is -2.35. The van der Waals surface area contributed by atoms with Crippen molar-refractivity contribution in [1.29, 1.82) is 0 Å². The summed E-state index contributed by atoms with van der Waals surface area (Å²) in [6.07, 6.45) is 3.73. The number of hydrogen-bond donors (Lipinski definition) is 1. The molecule has 0 bridgehead atoms. The van der Waals surface area contributed by atoms with Crippen LogP contribution in [0.1, 0.15) is 25.3 Å². The number of benzene rings is 2. The van der Waals surface area contributed by atoms with Gasteiger partial charge in [0.05, 0.1) is 24.2 Å². The zero-order chi connectivity index (χ0) is 25.7. The lowest BCUT2D eigenvalue weighted by Gasteiger charge is -2.18. The molecular weight excluding hydrogens is 543 g/mol. The van der Waals surface area contributed by atoms with E-state index in [0.717, 1.165) is 25.0 Å². The number of nitrogens with one attached hydrogen (secondary N) is 1. The normalized spacial score (nSPS) is 18.7. The van der Waals surface area contributed by atoms with Crippen LogP contribution in [0.2, 0.25) is 10.0 Å². The summed E-state index contributed by atoms with van der Waals surface area (Å²) >= 11 is 18.6. The number of carbonyl (C=O) groups is 2. The predicted octanol–water partition coefficient (Wildman–Crippen LogP) is 5.79. The molecule has 2 saturated heterocycles. The number of hydrogen-bond acceptors (Lipinski definition) is 7. The van der Waals surface area contributed by atoms with Gasteiger partial charge in [-0.2, -0.15) is 0 Å². The van der Waals surface area contributed by atoms with E-state index in [9.17, 15) is 9.59 Å². The Morgan fingerprint density at radius 3 is 2.69 bits per heavy atom. The first-order valence-corrected chi connectivity index (χ1v) is 13.3. The van der Waals surface area contributed by atoms with E-state index in [1.165, 1.54) is 11.8 Å². The molecule has 0 aliphatic carbocycles. The molecule has 1 N–H and O–H groups in total. The van der Waals surface area contributed by atoms with Gasteiger partial charge < -0.3 is 19.5 Å². The van der Waals surface area contributed by atoms with E-state index in [1.54, 1.807) is 47.4 Å². The monoisotopic (exact) mass is 566 g/mol. The second-order valence-electron chi connectivity index (χ2n) is 8.06. The van der Waals surface area contributed by atoms with Crippen LogP contribution in [0.25, 0.3) is 6.08 Å². The molecule has 190 valence electrons. The maximum Gasteiger partial charge on any atom is 0.266 e. The zero-order valence-corrected chi connectivity index (χ0v) is 22.6. The Bertz CT molecular complexity index is 1180. The third-order valence-electron chi connectivity index (χ3n) is 5.35. The summed E-state index contributed by atoms with van der Waals surface area (Å²) in [5.41, 5.74) is 1.22. The summed E-state index contributed by atoms with van der Waals surface area (Å²) in [6.45, 7) is 3.20. The minimum absolute atomic E-state index is 0.0286. The van der Waals surface area contributed by atoms with E-state index in [2.05, 4.69) is 5.32 Å². The summed E-state index contributed by atoms with van der Waals surface area (Å²) in [4.78, 5) is 27.4. The summed E-state index contributed by atoms with van der Waals surface area (Å²) in [5.74, 6) is 0.352. The van der Waals surface area contributed by atoms with Crippen LogP contribution in [-0.4, -0.2) is 53.5 Å². The highest BCUT2D eigenvalue weighted by Crippen LogP contribution is 2.35. The zero-order valence-electron chi connectivity index (χ0n) is 19.4. The van der Waals surface area contributed by atoms with Gasteiger partial charge in [0.2, 0.25) is 0 Å². The Balaban J connectivity index is 1.42. The molecule has 0 unspecified atom stereocenters. The van der Waals surface area contributed by atoms with Crippen LogP contribution in [0.15, 0.2) is 41.3 Å². The van der Waals surface area contributed by atoms with Gasteiger partial charge in [-0.3, -0.25) is 14.5 Å². The summed E-state index contributed by atoms with van der Waals surface area (Å²) in [6, 6.07) is 10.0. The number of thioether (sulfide) groups is 1. The molecule has 2 amide bonds. The first kappa shape index (κ1) is 26.8. The van der Waals surface area contributed by atoms with Crippen molar-refractivity contribution in [3.8, 4) is 11.5 Å². The molecule has 2 fully saturated rings. The van der Waals surface area contributed by atoms with Crippen LogP contribution in [0, 0.1) is 0 Å². The number of ether oxygens (including phenoxy) is 3. The molecule has 2 aromatic rings. The van der Waals surface area contributed by atoms with Crippen molar-refractivity contribution in [2.45, 2.75) is 25.9 Å². The van der Waals surface area contributed by atoms with E-state index < -0.39 is 0 Å². The highest BCUT2D eigenvalue weighted by atomic mass is 35.5. The highest BCUT2D eigenvalue weighted by Gasteiger charge is 2.34. The van der Waals surface area contributed by atoms with E-state index >= 15 is 0 Å². The Morgan fingerprint density at radius 2 is 2.00 bits per heavy atom.